The molecule has 0 aliphatic rings. The molecule has 0 aliphatic heterocycles. The van der Waals surface area contributed by atoms with E-state index in [0.29, 0.717) is 12.3 Å². The molecule has 0 spiro atoms. The zero-order valence-electron chi connectivity index (χ0n) is 9.14. The number of ketones is 1. The molecule has 3 nitrogen and oxygen atoms in total. The molecule has 0 unspecified atom stereocenters. The second kappa shape index (κ2) is 4.86. The third-order valence-electron chi connectivity index (χ3n) is 2.38. The van der Waals surface area contributed by atoms with E-state index in [-0.39, 0.29) is 12.4 Å². The number of Topliss-reactive ketones (excluding diaryl/α,β-unsaturated/α-hetero) is 1. The molecule has 0 atom stereocenters. The highest BCUT2D eigenvalue weighted by molar-refractivity contribution is 6.06. The molecule has 3 heteroatoms. The standard InChI is InChI=1S/C13H13NO2/c1-2-16-9-12(15)13-11-6-4-3-5-10(11)7-8-14-13/h3-8H,2,9H2,1H3. The zero-order valence-corrected chi connectivity index (χ0v) is 9.14. The van der Waals surface area contributed by atoms with Crippen molar-refractivity contribution in [2.45, 2.75) is 6.92 Å². The number of hydrogen-bond donors (Lipinski definition) is 0. The largest absolute Gasteiger partial charge is 0.374 e. The molecule has 1 heterocycles. The van der Waals surface area contributed by atoms with E-state index in [0.717, 1.165) is 10.8 Å². The number of pyridine rings is 1. The van der Waals surface area contributed by atoms with Crippen molar-refractivity contribution in [1.82, 2.24) is 4.98 Å². The van der Waals surface area contributed by atoms with Gasteiger partial charge in [-0.15, -0.1) is 0 Å². The Labute approximate surface area is 94.1 Å². The van der Waals surface area contributed by atoms with Crippen LogP contribution in [0.4, 0.5) is 0 Å². The summed E-state index contributed by atoms with van der Waals surface area (Å²) in [6, 6.07) is 9.61. The van der Waals surface area contributed by atoms with Crippen LogP contribution in [0.2, 0.25) is 0 Å². The number of fused-ring (bicyclic) bond motifs is 1. The summed E-state index contributed by atoms with van der Waals surface area (Å²) in [4.78, 5) is 16.0. The van der Waals surface area contributed by atoms with E-state index < -0.39 is 0 Å². The predicted molar refractivity (Wildman–Crippen MR) is 62.6 cm³/mol. The molecule has 0 saturated carbocycles. The van der Waals surface area contributed by atoms with Gasteiger partial charge in [0.2, 0.25) is 5.78 Å². The highest BCUT2D eigenvalue weighted by atomic mass is 16.5. The molecule has 1 aromatic heterocycles. The summed E-state index contributed by atoms with van der Waals surface area (Å²) in [7, 11) is 0. The van der Waals surface area contributed by atoms with Gasteiger partial charge in [0.1, 0.15) is 12.3 Å². The maximum atomic E-state index is 11.8. The third-order valence-corrected chi connectivity index (χ3v) is 2.38. The van der Waals surface area contributed by atoms with E-state index in [1.165, 1.54) is 0 Å². The topological polar surface area (TPSA) is 39.2 Å². The van der Waals surface area contributed by atoms with E-state index in [1.54, 1.807) is 6.20 Å². The van der Waals surface area contributed by atoms with Crippen molar-refractivity contribution in [1.29, 1.82) is 0 Å². The maximum Gasteiger partial charge on any atom is 0.207 e. The van der Waals surface area contributed by atoms with Gasteiger partial charge in [-0.1, -0.05) is 24.3 Å². The number of carbonyl (C=O) groups is 1. The Balaban J connectivity index is 2.40. The van der Waals surface area contributed by atoms with E-state index in [9.17, 15) is 4.79 Å². The number of nitrogens with zero attached hydrogens (tertiary/aromatic N) is 1. The second-order valence-electron chi connectivity index (χ2n) is 3.44. The Kier molecular flexibility index (Phi) is 3.27. The Morgan fingerprint density at radius 3 is 2.94 bits per heavy atom. The maximum absolute atomic E-state index is 11.8. The van der Waals surface area contributed by atoms with Crippen molar-refractivity contribution in [2.75, 3.05) is 13.2 Å². The van der Waals surface area contributed by atoms with Gasteiger partial charge in [-0.05, 0) is 18.4 Å². The summed E-state index contributed by atoms with van der Waals surface area (Å²) in [5, 5.41) is 1.91. The smallest absolute Gasteiger partial charge is 0.207 e. The van der Waals surface area contributed by atoms with Gasteiger partial charge in [-0.2, -0.15) is 0 Å². The molecule has 0 amide bonds. The lowest BCUT2D eigenvalue weighted by molar-refractivity contribution is 0.0780. The van der Waals surface area contributed by atoms with Crippen LogP contribution in [-0.2, 0) is 4.74 Å². The number of benzene rings is 1. The number of carbonyl (C=O) groups excluding carboxylic acids is 1. The average Bonchev–Trinajstić information content (AvgIpc) is 2.35. The Bertz CT molecular complexity index is 503. The Hall–Kier alpha value is -1.74. The van der Waals surface area contributed by atoms with Crippen LogP contribution in [0.3, 0.4) is 0 Å². The first kappa shape index (κ1) is 10.8. The first-order chi connectivity index (χ1) is 7.83. The molecule has 0 fully saturated rings. The van der Waals surface area contributed by atoms with Crippen LogP contribution >= 0.6 is 0 Å². The van der Waals surface area contributed by atoms with Crippen molar-refractivity contribution in [2.24, 2.45) is 0 Å². The lowest BCUT2D eigenvalue weighted by atomic mass is 10.1. The molecule has 0 radical (unpaired) electrons. The van der Waals surface area contributed by atoms with Crippen molar-refractivity contribution in [3.8, 4) is 0 Å². The van der Waals surface area contributed by atoms with Crippen LogP contribution in [-0.4, -0.2) is 24.0 Å². The molecule has 16 heavy (non-hydrogen) atoms. The fourth-order valence-electron chi connectivity index (χ4n) is 1.60. The third kappa shape index (κ3) is 2.09. The van der Waals surface area contributed by atoms with E-state index in [1.807, 2.05) is 37.3 Å². The quantitative estimate of drug-likeness (QED) is 0.735. The average molecular weight is 215 g/mol. The molecular weight excluding hydrogens is 202 g/mol. The van der Waals surface area contributed by atoms with Gasteiger partial charge in [0.25, 0.3) is 0 Å². The predicted octanol–water partition coefficient (Wildman–Crippen LogP) is 2.45. The zero-order chi connectivity index (χ0) is 11.4. The number of hydrogen-bond acceptors (Lipinski definition) is 3. The Morgan fingerprint density at radius 1 is 1.31 bits per heavy atom. The van der Waals surface area contributed by atoms with Crippen LogP contribution in [0.15, 0.2) is 36.5 Å². The van der Waals surface area contributed by atoms with Gasteiger partial charge in [0.15, 0.2) is 0 Å². The molecular formula is C13H13NO2. The lowest BCUT2D eigenvalue weighted by Gasteiger charge is -2.04. The number of aromatic nitrogens is 1. The first-order valence-electron chi connectivity index (χ1n) is 5.27. The summed E-state index contributed by atoms with van der Waals surface area (Å²) in [5.74, 6) is -0.0707. The minimum atomic E-state index is -0.0707. The van der Waals surface area contributed by atoms with Crippen LogP contribution < -0.4 is 0 Å². The summed E-state index contributed by atoms with van der Waals surface area (Å²) in [5.41, 5.74) is 0.492. The van der Waals surface area contributed by atoms with Gasteiger partial charge in [-0.3, -0.25) is 9.78 Å². The van der Waals surface area contributed by atoms with E-state index in [2.05, 4.69) is 4.98 Å². The van der Waals surface area contributed by atoms with Crippen LogP contribution in [0.5, 0.6) is 0 Å². The fraction of sp³-hybridized carbons (Fsp3) is 0.231. The van der Waals surface area contributed by atoms with Gasteiger partial charge < -0.3 is 4.74 Å². The van der Waals surface area contributed by atoms with Crippen molar-refractivity contribution < 1.29 is 9.53 Å². The molecule has 0 aliphatic carbocycles. The number of ether oxygens (including phenoxy) is 1. The van der Waals surface area contributed by atoms with Crippen molar-refractivity contribution in [3.05, 3.63) is 42.2 Å². The van der Waals surface area contributed by atoms with Crippen molar-refractivity contribution in [3.63, 3.8) is 0 Å². The molecule has 0 bridgehead atoms. The van der Waals surface area contributed by atoms with E-state index in [4.69, 9.17) is 4.74 Å². The monoisotopic (exact) mass is 215 g/mol. The number of rotatable bonds is 4. The SMILES string of the molecule is CCOCC(=O)c1nccc2ccccc12. The molecule has 1 aromatic carbocycles. The van der Waals surface area contributed by atoms with Gasteiger partial charge in [-0.25, -0.2) is 0 Å². The minimum Gasteiger partial charge on any atom is -0.374 e. The van der Waals surface area contributed by atoms with Crippen LogP contribution in [0, 0.1) is 0 Å². The Morgan fingerprint density at radius 2 is 2.12 bits per heavy atom. The van der Waals surface area contributed by atoms with Gasteiger partial charge >= 0.3 is 0 Å². The molecule has 82 valence electrons. The highest BCUT2D eigenvalue weighted by Crippen LogP contribution is 2.16. The molecule has 2 rings (SSSR count). The van der Waals surface area contributed by atoms with Crippen LogP contribution in [0.25, 0.3) is 10.8 Å². The van der Waals surface area contributed by atoms with Crippen molar-refractivity contribution >= 4 is 16.6 Å². The van der Waals surface area contributed by atoms with Gasteiger partial charge in [0, 0.05) is 18.2 Å². The normalized spacial score (nSPS) is 10.6. The molecule has 2 aromatic rings. The molecule has 0 N–H and O–H groups in total. The highest BCUT2D eigenvalue weighted by Gasteiger charge is 2.10. The van der Waals surface area contributed by atoms with Gasteiger partial charge in [0.05, 0.1) is 0 Å². The second-order valence-corrected chi connectivity index (χ2v) is 3.44. The fourth-order valence-corrected chi connectivity index (χ4v) is 1.60. The summed E-state index contributed by atoms with van der Waals surface area (Å²) in [6.45, 7) is 2.50. The lowest BCUT2D eigenvalue weighted by Crippen LogP contribution is -2.11. The summed E-state index contributed by atoms with van der Waals surface area (Å²) in [6.07, 6.45) is 1.65. The minimum absolute atomic E-state index is 0.0707. The van der Waals surface area contributed by atoms with E-state index >= 15 is 0 Å². The summed E-state index contributed by atoms with van der Waals surface area (Å²) < 4.78 is 5.11. The summed E-state index contributed by atoms with van der Waals surface area (Å²) >= 11 is 0. The first-order valence-corrected chi connectivity index (χ1v) is 5.27. The van der Waals surface area contributed by atoms with Crippen LogP contribution in [0.1, 0.15) is 17.4 Å². The molecule has 0 saturated heterocycles.